The van der Waals surface area contributed by atoms with Crippen LogP contribution in [0.5, 0.6) is 17.2 Å². The first-order chi connectivity index (χ1) is 15.0. The molecule has 0 saturated heterocycles. The lowest BCUT2D eigenvalue weighted by Gasteiger charge is -2.13. The predicted octanol–water partition coefficient (Wildman–Crippen LogP) is 4.32. The number of rotatable bonds is 8. The minimum Gasteiger partial charge on any atom is -0.497 e. The van der Waals surface area contributed by atoms with Crippen LogP contribution < -0.4 is 19.5 Å². The molecule has 0 aliphatic rings. The summed E-state index contributed by atoms with van der Waals surface area (Å²) in [5, 5.41) is 2.81. The molecule has 1 amide bonds. The summed E-state index contributed by atoms with van der Waals surface area (Å²) in [7, 11) is 4.47. The van der Waals surface area contributed by atoms with Crippen molar-refractivity contribution in [1.82, 2.24) is 0 Å². The molecule has 0 atom stereocenters. The van der Waals surface area contributed by atoms with Crippen LogP contribution in [0.2, 0.25) is 0 Å². The van der Waals surface area contributed by atoms with Gasteiger partial charge in [-0.1, -0.05) is 6.07 Å². The number of benzene rings is 3. The molecule has 3 rings (SSSR count). The summed E-state index contributed by atoms with van der Waals surface area (Å²) < 4.78 is 21.1. The third-order valence-electron chi connectivity index (χ3n) is 4.54. The third kappa shape index (κ3) is 5.54. The lowest BCUT2D eigenvalue weighted by molar-refractivity contribution is 0.0600. The van der Waals surface area contributed by atoms with Crippen molar-refractivity contribution < 1.29 is 28.5 Å². The van der Waals surface area contributed by atoms with Gasteiger partial charge in [0, 0.05) is 22.9 Å². The van der Waals surface area contributed by atoms with Gasteiger partial charge in [-0.25, -0.2) is 4.79 Å². The van der Waals surface area contributed by atoms with E-state index < -0.39 is 5.97 Å². The molecule has 1 N–H and O–H groups in total. The molecule has 0 aromatic heterocycles. The normalized spacial score (nSPS) is 10.2. The minimum absolute atomic E-state index is 0.214. The summed E-state index contributed by atoms with van der Waals surface area (Å²) in [6, 6.07) is 18.8. The smallest absolute Gasteiger partial charge is 0.337 e. The van der Waals surface area contributed by atoms with Crippen LogP contribution >= 0.6 is 0 Å². The number of carbonyl (C=O) groups excluding carboxylic acids is 2. The van der Waals surface area contributed by atoms with Gasteiger partial charge in [0.05, 0.1) is 26.9 Å². The number of anilines is 1. The summed E-state index contributed by atoms with van der Waals surface area (Å²) in [4.78, 5) is 24.2. The largest absolute Gasteiger partial charge is 0.497 e. The number of hydrogen-bond donors (Lipinski definition) is 1. The number of nitrogens with one attached hydrogen (secondary N) is 1. The number of amides is 1. The summed E-state index contributed by atoms with van der Waals surface area (Å²) in [6.07, 6.45) is 0. The highest BCUT2D eigenvalue weighted by Gasteiger charge is 2.12. The zero-order valence-corrected chi connectivity index (χ0v) is 17.5. The number of hydrogen-bond acceptors (Lipinski definition) is 6. The average Bonchev–Trinajstić information content (AvgIpc) is 2.82. The quantitative estimate of drug-likeness (QED) is 0.546. The molecule has 0 spiro atoms. The standard InChI is InChI=1S/C24H23NO6/c1-28-20-5-4-6-21(14-20)31-15-18-13-17(9-12-22(18)29-2)23(26)25-19-10-7-16(8-11-19)24(27)30-3/h4-14H,15H2,1-3H3,(H,25,26). The first kappa shape index (κ1) is 21.7. The lowest BCUT2D eigenvalue weighted by atomic mass is 10.1. The van der Waals surface area contributed by atoms with Crippen molar-refractivity contribution in [2.45, 2.75) is 6.61 Å². The molecule has 160 valence electrons. The van der Waals surface area contributed by atoms with Crippen LogP contribution in [0.4, 0.5) is 5.69 Å². The fraction of sp³-hybridized carbons (Fsp3) is 0.167. The van der Waals surface area contributed by atoms with Crippen LogP contribution in [-0.2, 0) is 11.3 Å². The number of carbonyl (C=O) groups is 2. The fourth-order valence-electron chi connectivity index (χ4n) is 2.90. The van der Waals surface area contributed by atoms with Crippen molar-refractivity contribution in [3.63, 3.8) is 0 Å². The van der Waals surface area contributed by atoms with E-state index in [0.29, 0.717) is 34.1 Å². The second-order valence-electron chi connectivity index (χ2n) is 6.52. The predicted molar refractivity (Wildman–Crippen MR) is 116 cm³/mol. The number of ether oxygens (including phenoxy) is 4. The van der Waals surface area contributed by atoms with Gasteiger partial charge in [0.2, 0.25) is 0 Å². The fourth-order valence-corrected chi connectivity index (χ4v) is 2.90. The first-order valence-electron chi connectivity index (χ1n) is 9.47. The van der Waals surface area contributed by atoms with E-state index in [1.165, 1.54) is 7.11 Å². The summed E-state index contributed by atoms with van der Waals surface area (Å²) in [6.45, 7) is 0.214. The van der Waals surface area contributed by atoms with E-state index in [0.717, 1.165) is 5.56 Å². The van der Waals surface area contributed by atoms with Crippen molar-refractivity contribution in [3.8, 4) is 17.2 Å². The van der Waals surface area contributed by atoms with Crippen LogP contribution in [-0.4, -0.2) is 33.2 Å². The molecule has 31 heavy (non-hydrogen) atoms. The molecule has 0 bridgehead atoms. The van der Waals surface area contributed by atoms with E-state index in [1.807, 2.05) is 18.2 Å². The maximum absolute atomic E-state index is 12.7. The summed E-state index contributed by atoms with van der Waals surface area (Å²) in [5.74, 6) is 1.21. The van der Waals surface area contributed by atoms with Crippen molar-refractivity contribution in [2.75, 3.05) is 26.6 Å². The van der Waals surface area contributed by atoms with E-state index in [-0.39, 0.29) is 12.5 Å². The van der Waals surface area contributed by atoms with Crippen LogP contribution in [0.15, 0.2) is 66.7 Å². The van der Waals surface area contributed by atoms with Gasteiger partial charge < -0.3 is 24.3 Å². The van der Waals surface area contributed by atoms with Crippen LogP contribution in [0.25, 0.3) is 0 Å². The van der Waals surface area contributed by atoms with E-state index in [1.54, 1.807) is 62.8 Å². The van der Waals surface area contributed by atoms with Gasteiger partial charge in [0.1, 0.15) is 23.9 Å². The topological polar surface area (TPSA) is 83.1 Å². The highest BCUT2D eigenvalue weighted by molar-refractivity contribution is 6.04. The minimum atomic E-state index is -0.436. The van der Waals surface area contributed by atoms with Crippen molar-refractivity contribution in [3.05, 3.63) is 83.4 Å². The van der Waals surface area contributed by atoms with Gasteiger partial charge in [0.25, 0.3) is 5.91 Å². The Balaban J connectivity index is 1.72. The van der Waals surface area contributed by atoms with Gasteiger partial charge in [-0.15, -0.1) is 0 Å². The van der Waals surface area contributed by atoms with Crippen molar-refractivity contribution >= 4 is 17.6 Å². The Morgan fingerprint density at radius 3 is 2.19 bits per heavy atom. The second-order valence-corrected chi connectivity index (χ2v) is 6.52. The van der Waals surface area contributed by atoms with Crippen LogP contribution in [0, 0.1) is 0 Å². The van der Waals surface area contributed by atoms with Gasteiger partial charge in [-0.3, -0.25) is 4.79 Å². The van der Waals surface area contributed by atoms with Gasteiger partial charge >= 0.3 is 5.97 Å². The first-order valence-corrected chi connectivity index (χ1v) is 9.47. The molecule has 0 heterocycles. The molecule has 3 aromatic carbocycles. The molecule has 3 aromatic rings. The Labute approximate surface area is 180 Å². The summed E-state index contributed by atoms with van der Waals surface area (Å²) in [5.41, 5.74) is 2.13. The Hall–Kier alpha value is -4.00. The Bertz CT molecular complexity index is 1060. The second kappa shape index (κ2) is 10.2. The SMILES string of the molecule is COC(=O)c1ccc(NC(=O)c2ccc(OC)c(COc3cccc(OC)c3)c2)cc1. The zero-order valence-electron chi connectivity index (χ0n) is 17.5. The maximum Gasteiger partial charge on any atom is 0.337 e. The molecule has 0 saturated carbocycles. The van der Waals surface area contributed by atoms with E-state index in [9.17, 15) is 9.59 Å². The van der Waals surface area contributed by atoms with E-state index >= 15 is 0 Å². The number of methoxy groups -OCH3 is 3. The van der Waals surface area contributed by atoms with Crippen LogP contribution in [0.1, 0.15) is 26.3 Å². The molecule has 7 nitrogen and oxygen atoms in total. The molecule has 0 aliphatic heterocycles. The van der Waals surface area contributed by atoms with Gasteiger partial charge in [0.15, 0.2) is 0 Å². The van der Waals surface area contributed by atoms with Gasteiger partial charge in [-0.2, -0.15) is 0 Å². The molecule has 7 heteroatoms. The lowest BCUT2D eigenvalue weighted by Crippen LogP contribution is -2.13. The van der Waals surface area contributed by atoms with E-state index in [2.05, 4.69) is 10.1 Å². The number of esters is 1. The third-order valence-corrected chi connectivity index (χ3v) is 4.54. The van der Waals surface area contributed by atoms with Crippen molar-refractivity contribution in [1.29, 1.82) is 0 Å². The molecule has 0 fully saturated rings. The molecule has 0 radical (unpaired) electrons. The highest BCUT2D eigenvalue weighted by Crippen LogP contribution is 2.25. The van der Waals surface area contributed by atoms with Gasteiger partial charge in [-0.05, 0) is 54.6 Å². The Morgan fingerprint density at radius 2 is 1.52 bits per heavy atom. The molecule has 0 unspecified atom stereocenters. The zero-order chi connectivity index (χ0) is 22.2. The average molecular weight is 421 g/mol. The monoisotopic (exact) mass is 421 g/mol. The Kier molecular flexibility index (Phi) is 7.11. The van der Waals surface area contributed by atoms with Crippen LogP contribution in [0.3, 0.4) is 0 Å². The van der Waals surface area contributed by atoms with E-state index in [4.69, 9.17) is 14.2 Å². The highest BCUT2D eigenvalue weighted by atomic mass is 16.5. The molecule has 0 aliphatic carbocycles. The van der Waals surface area contributed by atoms with Crippen molar-refractivity contribution in [2.24, 2.45) is 0 Å². The molecular weight excluding hydrogens is 398 g/mol. The maximum atomic E-state index is 12.7. The Morgan fingerprint density at radius 1 is 0.806 bits per heavy atom. The summed E-state index contributed by atoms with van der Waals surface area (Å²) >= 11 is 0. The molecular formula is C24H23NO6.